The van der Waals surface area contributed by atoms with E-state index in [4.69, 9.17) is 5.11 Å². The summed E-state index contributed by atoms with van der Waals surface area (Å²) in [6.07, 6.45) is 2.04. The molecule has 0 unspecified atom stereocenters. The molecule has 0 fully saturated rings. The number of unbranched alkanes of at least 4 members (excludes halogenated alkanes) is 1. The summed E-state index contributed by atoms with van der Waals surface area (Å²) in [4.78, 5) is 0. The first-order chi connectivity index (χ1) is 2.41. The van der Waals surface area contributed by atoms with Crippen molar-refractivity contribution in [3.05, 3.63) is 0 Å². The van der Waals surface area contributed by atoms with E-state index in [2.05, 4.69) is 6.92 Å². The summed E-state index contributed by atoms with van der Waals surface area (Å²) in [5, 5.41) is 8.07. The third kappa shape index (κ3) is 25.4. The van der Waals surface area contributed by atoms with Gasteiger partial charge in [0, 0.05) is 43.2 Å². The average Bonchev–Trinajstić information content (AvgIpc) is 1.41. The van der Waals surface area contributed by atoms with Crippen molar-refractivity contribution in [1.29, 1.82) is 0 Å². The normalized spacial score (nSPS) is 5.25. The second-order valence-corrected chi connectivity index (χ2v) is 1.08. The van der Waals surface area contributed by atoms with Gasteiger partial charge in [0.1, 0.15) is 0 Å². The summed E-state index contributed by atoms with van der Waals surface area (Å²) in [5.74, 6) is 0. The van der Waals surface area contributed by atoms with Crippen LogP contribution in [0.3, 0.4) is 0 Å². The molecule has 1 radical (unpaired) electrons. The van der Waals surface area contributed by atoms with Gasteiger partial charge in [-0.1, -0.05) is 13.3 Å². The monoisotopic (exact) mass is 231 g/mol. The molecule has 0 rings (SSSR count). The van der Waals surface area contributed by atoms with Gasteiger partial charge in [0.25, 0.3) is 0 Å². The summed E-state index contributed by atoms with van der Waals surface area (Å²) in [5.41, 5.74) is 0. The van der Waals surface area contributed by atoms with Gasteiger partial charge in [0.05, 0.1) is 0 Å². The van der Waals surface area contributed by atoms with Crippen molar-refractivity contribution < 1.29 is 41.7 Å². The summed E-state index contributed by atoms with van der Waals surface area (Å²) in [6.45, 7) is 2.40. The Balaban J connectivity index is -0.0000000267. The molecule has 0 aliphatic carbocycles. The van der Waals surface area contributed by atoms with Gasteiger partial charge in [0.2, 0.25) is 0 Å². The van der Waals surface area contributed by atoms with E-state index < -0.39 is 0 Å². The number of aliphatic hydroxyl groups excluding tert-OH is 1. The third-order valence-electron chi connectivity index (χ3n) is 0.512. The summed E-state index contributed by atoms with van der Waals surface area (Å²) in [7, 11) is 0. The van der Waals surface area contributed by atoms with Gasteiger partial charge in [-0.05, 0) is 6.42 Å². The Kier molecular flexibility index (Phi) is 66.3. The van der Waals surface area contributed by atoms with Crippen LogP contribution in [0.5, 0.6) is 0 Å². The summed E-state index contributed by atoms with van der Waals surface area (Å²) >= 11 is 0. The first-order valence-electron chi connectivity index (χ1n) is 2.02. The van der Waals surface area contributed by atoms with Crippen molar-refractivity contribution in [3.8, 4) is 0 Å². The number of hydrogen-bond acceptors (Lipinski definition) is 1. The third-order valence-corrected chi connectivity index (χ3v) is 0.512. The van der Waals surface area contributed by atoms with Gasteiger partial charge in [-0.15, -0.1) is 0 Å². The molecule has 0 aromatic rings. The van der Waals surface area contributed by atoms with Crippen LogP contribution >= 0.6 is 0 Å². The fraction of sp³-hybridized carbons (Fsp3) is 1.00. The zero-order valence-electron chi connectivity index (χ0n) is 4.58. The summed E-state index contributed by atoms with van der Waals surface area (Å²) < 4.78 is 0. The molecule has 0 aromatic heterocycles. The van der Waals surface area contributed by atoms with E-state index in [1.54, 1.807) is 0 Å². The first kappa shape index (κ1) is 22.6. The van der Waals surface area contributed by atoms with E-state index in [0.29, 0.717) is 6.61 Å². The molecule has 0 amide bonds. The smallest absolute Gasteiger partial charge is 0.187 e. The molecule has 0 saturated heterocycles. The molecule has 0 atom stereocenters. The maximum absolute atomic E-state index is 8.07. The molecule has 0 aliphatic heterocycles. The Morgan fingerprint density at radius 1 is 1.38 bits per heavy atom. The Bertz CT molecular complexity index is 23.5. The second-order valence-electron chi connectivity index (χ2n) is 1.08. The zero-order chi connectivity index (χ0) is 4.12. The second kappa shape index (κ2) is 23.4. The van der Waals surface area contributed by atoms with E-state index in [1.807, 2.05) is 0 Å². The van der Waals surface area contributed by atoms with Crippen molar-refractivity contribution in [2.24, 2.45) is 0 Å². The van der Waals surface area contributed by atoms with Crippen LogP contribution in [0.4, 0.5) is 0 Å². The molecule has 0 heterocycles. The SMILES string of the molecule is CCCCO.[AlH3].[Cu].[Zn]. The largest absolute Gasteiger partial charge is 0.396 e. The number of aliphatic hydroxyl groups is 1. The fourth-order valence-corrected chi connectivity index (χ4v) is 0.158. The van der Waals surface area contributed by atoms with Crippen LogP contribution in [0.1, 0.15) is 19.8 Å². The van der Waals surface area contributed by atoms with Crippen molar-refractivity contribution in [1.82, 2.24) is 0 Å². The first-order valence-corrected chi connectivity index (χ1v) is 2.02. The maximum Gasteiger partial charge on any atom is 0.187 e. The molecule has 51 valence electrons. The Morgan fingerprint density at radius 2 is 1.75 bits per heavy atom. The van der Waals surface area contributed by atoms with E-state index >= 15 is 0 Å². The average molecular weight is 233 g/mol. The van der Waals surface area contributed by atoms with Gasteiger partial charge < -0.3 is 5.11 Å². The topological polar surface area (TPSA) is 20.2 Å². The van der Waals surface area contributed by atoms with Gasteiger partial charge in [-0.3, -0.25) is 0 Å². The molecular formula is C4H13AlCuOZn. The quantitative estimate of drug-likeness (QED) is 0.643. The van der Waals surface area contributed by atoms with Crippen LogP contribution in [-0.2, 0) is 36.5 Å². The Morgan fingerprint density at radius 3 is 1.75 bits per heavy atom. The molecule has 1 nitrogen and oxygen atoms in total. The van der Waals surface area contributed by atoms with Gasteiger partial charge in [-0.2, -0.15) is 0 Å². The Hall–Kier alpha value is 1.64. The molecule has 4 heteroatoms. The minimum absolute atomic E-state index is 0. The molecule has 0 saturated carbocycles. The maximum atomic E-state index is 8.07. The number of rotatable bonds is 2. The van der Waals surface area contributed by atoms with E-state index in [0.717, 1.165) is 12.8 Å². The van der Waals surface area contributed by atoms with Gasteiger partial charge in [0.15, 0.2) is 17.4 Å². The minimum atomic E-state index is 0. The predicted octanol–water partition coefficient (Wildman–Crippen LogP) is -0.410. The van der Waals surface area contributed by atoms with Crippen molar-refractivity contribution >= 4 is 17.4 Å². The van der Waals surface area contributed by atoms with Crippen molar-refractivity contribution in [2.45, 2.75) is 19.8 Å². The van der Waals surface area contributed by atoms with Crippen LogP contribution < -0.4 is 0 Å². The van der Waals surface area contributed by atoms with Gasteiger partial charge in [-0.25, -0.2) is 0 Å². The van der Waals surface area contributed by atoms with E-state index in [1.165, 1.54) is 0 Å². The predicted molar refractivity (Wildman–Crippen MR) is 31.9 cm³/mol. The fourth-order valence-electron chi connectivity index (χ4n) is 0.158. The zero-order valence-corrected chi connectivity index (χ0v) is 8.49. The molecule has 0 aliphatic rings. The molecular weight excluding hydrogens is 220 g/mol. The van der Waals surface area contributed by atoms with E-state index in [-0.39, 0.29) is 53.9 Å². The molecule has 0 spiro atoms. The molecule has 1 N–H and O–H groups in total. The van der Waals surface area contributed by atoms with Crippen LogP contribution in [0.25, 0.3) is 0 Å². The Labute approximate surface area is 85.0 Å². The summed E-state index contributed by atoms with van der Waals surface area (Å²) in [6, 6.07) is 0. The van der Waals surface area contributed by atoms with Crippen LogP contribution in [0.2, 0.25) is 0 Å². The molecule has 8 heavy (non-hydrogen) atoms. The van der Waals surface area contributed by atoms with Gasteiger partial charge >= 0.3 is 0 Å². The van der Waals surface area contributed by atoms with Crippen LogP contribution in [0.15, 0.2) is 0 Å². The molecule has 0 aromatic carbocycles. The van der Waals surface area contributed by atoms with Crippen molar-refractivity contribution in [3.63, 3.8) is 0 Å². The van der Waals surface area contributed by atoms with E-state index in [9.17, 15) is 0 Å². The van der Waals surface area contributed by atoms with Crippen LogP contribution in [0, 0.1) is 0 Å². The van der Waals surface area contributed by atoms with Crippen molar-refractivity contribution in [2.75, 3.05) is 6.61 Å². The van der Waals surface area contributed by atoms with Crippen LogP contribution in [-0.4, -0.2) is 29.1 Å². The molecule has 0 bridgehead atoms. The number of hydrogen-bond donors (Lipinski definition) is 1. The minimum Gasteiger partial charge on any atom is -0.396 e. The standard InChI is InChI=1S/C4H10O.Al.Cu.Zn.3H/c1-2-3-4-5;;;;;;/h5H,2-4H2,1H3;;;;;;.